The van der Waals surface area contributed by atoms with Gasteiger partial charge in [0.1, 0.15) is 5.75 Å². The van der Waals surface area contributed by atoms with Gasteiger partial charge in [0.15, 0.2) is 6.10 Å². The van der Waals surface area contributed by atoms with E-state index in [-0.39, 0.29) is 5.91 Å². The molecule has 1 unspecified atom stereocenters. The minimum Gasteiger partial charge on any atom is -0.481 e. The number of hydrogen-bond acceptors (Lipinski definition) is 3. The number of aryl methyl sites for hydroxylation is 1. The van der Waals surface area contributed by atoms with Crippen molar-refractivity contribution in [1.82, 2.24) is 0 Å². The van der Waals surface area contributed by atoms with Crippen LogP contribution in [0.2, 0.25) is 0 Å². The molecule has 22 heavy (non-hydrogen) atoms. The fourth-order valence-electron chi connectivity index (χ4n) is 1.98. The van der Waals surface area contributed by atoms with Crippen LogP contribution in [0.15, 0.2) is 48.5 Å². The highest BCUT2D eigenvalue weighted by Gasteiger charge is 2.15. The number of nitriles is 1. The van der Waals surface area contributed by atoms with Crippen LogP contribution in [-0.4, -0.2) is 12.0 Å². The molecule has 2 aromatic carbocycles. The Morgan fingerprint density at radius 2 is 2.00 bits per heavy atom. The Kier molecular flexibility index (Phi) is 5.16. The minimum absolute atomic E-state index is 0.211. The molecule has 0 spiro atoms. The molecule has 0 aromatic heterocycles. The fraction of sp³-hybridized carbons (Fsp3) is 0.222. The second-order valence-electron chi connectivity index (χ2n) is 4.94. The standard InChI is InChI=1S/C18H18N2O2/c1-3-14-5-4-6-16(11-14)20-18(21)13(2)22-17-9-7-15(12-19)8-10-17/h4-11,13H,3H2,1-2H3,(H,20,21). The third-order valence-corrected chi connectivity index (χ3v) is 3.27. The van der Waals surface area contributed by atoms with Gasteiger partial charge in [-0.1, -0.05) is 19.1 Å². The predicted molar refractivity (Wildman–Crippen MR) is 85.7 cm³/mol. The van der Waals surface area contributed by atoms with Gasteiger partial charge in [-0.15, -0.1) is 0 Å². The Hall–Kier alpha value is -2.80. The van der Waals surface area contributed by atoms with Crippen molar-refractivity contribution in [1.29, 1.82) is 5.26 Å². The van der Waals surface area contributed by atoms with Gasteiger partial charge in [0, 0.05) is 5.69 Å². The van der Waals surface area contributed by atoms with Gasteiger partial charge in [-0.05, 0) is 55.3 Å². The molecule has 2 aromatic rings. The minimum atomic E-state index is -0.627. The number of nitrogens with one attached hydrogen (secondary N) is 1. The lowest BCUT2D eigenvalue weighted by molar-refractivity contribution is -0.122. The van der Waals surface area contributed by atoms with Crippen molar-refractivity contribution in [3.8, 4) is 11.8 Å². The van der Waals surface area contributed by atoms with Gasteiger partial charge < -0.3 is 10.1 Å². The lowest BCUT2D eigenvalue weighted by Gasteiger charge is -2.15. The Morgan fingerprint density at radius 3 is 2.64 bits per heavy atom. The van der Waals surface area contributed by atoms with E-state index in [0.29, 0.717) is 11.3 Å². The van der Waals surface area contributed by atoms with Crippen molar-refractivity contribution in [2.24, 2.45) is 0 Å². The van der Waals surface area contributed by atoms with Crippen molar-refractivity contribution in [2.75, 3.05) is 5.32 Å². The Balaban J connectivity index is 1.97. The summed E-state index contributed by atoms with van der Waals surface area (Å²) in [6.45, 7) is 3.76. The van der Waals surface area contributed by atoms with Crippen molar-refractivity contribution in [3.63, 3.8) is 0 Å². The van der Waals surface area contributed by atoms with Gasteiger partial charge in [-0.25, -0.2) is 0 Å². The summed E-state index contributed by atoms with van der Waals surface area (Å²) in [7, 11) is 0. The molecule has 2 rings (SSSR count). The van der Waals surface area contributed by atoms with Crippen molar-refractivity contribution in [3.05, 3.63) is 59.7 Å². The molecule has 0 heterocycles. The number of ether oxygens (including phenoxy) is 1. The van der Waals surface area contributed by atoms with E-state index in [9.17, 15) is 4.79 Å². The lowest BCUT2D eigenvalue weighted by atomic mass is 10.1. The largest absolute Gasteiger partial charge is 0.481 e. The van der Waals surface area contributed by atoms with E-state index in [1.165, 1.54) is 5.56 Å². The van der Waals surface area contributed by atoms with E-state index in [4.69, 9.17) is 10.00 Å². The first kappa shape index (κ1) is 15.6. The van der Waals surface area contributed by atoms with Crippen LogP contribution in [0.1, 0.15) is 25.0 Å². The molecule has 112 valence electrons. The number of rotatable bonds is 5. The highest BCUT2D eigenvalue weighted by atomic mass is 16.5. The Bertz CT molecular complexity index is 687. The van der Waals surface area contributed by atoms with Crippen molar-refractivity contribution >= 4 is 11.6 Å². The first-order chi connectivity index (χ1) is 10.6. The number of hydrogen-bond donors (Lipinski definition) is 1. The predicted octanol–water partition coefficient (Wildman–Crippen LogP) is 3.53. The Morgan fingerprint density at radius 1 is 1.27 bits per heavy atom. The summed E-state index contributed by atoms with van der Waals surface area (Å²) in [6, 6.07) is 16.5. The summed E-state index contributed by atoms with van der Waals surface area (Å²) < 4.78 is 5.58. The maximum Gasteiger partial charge on any atom is 0.265 e. The van der Waals surface area contributed by atoms with E-state index >= 15 is 0 Å². The van der Waals surface area contributed by atoms with Gasteiger partial charge in [-0.2, -0.15) is 5.26 Å². The summed E-state index contributed by atoms with van der Waals surface area (Å²) in [5, 5.41) is 11.6. The van der Waals surface area contributed by atoms with Crippen LogP contribution < -0.4 is 10.1 Å². The molecule has 0 aliphatic heterocycles. The number of carbonyl (C=O) groups excluding carboxylic acids is 1. The monoisotopic (exact) mass is 294 g/mol. The molecule has 0 aliphatic rings. The van der Waals surface area contributed by atoms with Gasteiger partial charge in [-0.3, -0.25) is 4.79 Å². The molecule has 0 radical (unpaired) electrons. The van der Waals surface area contributed by atoms with E-state index in [2.05, 4.69) is 12.2 Å². The normalized spacial score (nSPS) is 11.3. The highest BCUT2D eigenvalue weighted by Crippen LogP contribution is 2.15. The second-order valence-corrected chi connectivity index (χ2v) is 4.94. The Labute approximate surface area is 130 Å². The summed E-state index contributed by atoms with van der Waals surface area (Å²) in [5.74, 6) is 0.349. The van der Waals surface area contributed by atoms with Gasteiger partial charge in [0.2, 0.25) is 0 Å². The molecule has 4 heteroatoms. The fourth-order valence-corrected chi connectivity index (χ4v) is 1.98. The van der Waals surface area contributed by atoms with Crippen LogP contribution in [0.4, 0.5) is 5.69 Å². The van der Waals surface area contributed by atoms with Crippen molar-refractivity contribution in [2.45, 2.75) is 26.4 Å². The number of nitrogens with zero attached hydrogens (tertiary/aromatic N) is 1. The molecule has 0 saturated heterocycles. The maximum atomic E-state index is 12.2. The first-order valence-electron chi connectivity index (χ1n) is 7.19. The molecule has 1 N–H and O–H groups in total. The molecule has 0 fully saturated rings. The molecule has 0 aliphatic carbocycles. The molecule has 0 bridgehead atoms. The zero-order chi connectivity index (χ0) is 15.9. The average Bonchev–Trinajstić information content (AvgIpc) is 2.55. The lowest BCUT2D eigenvalue weighted by Crippen LogP contribution is -2.30. The van der Waals surface area contributed by atoms with Crippen LogP contribution in [0.25, 0.3) is 0 Å². The zero-order valence-electron chi connectivity index (χ0n) is 12.7. The smallest absolute Gasteiger partial charge is 0.265 e. The summed E-state index contributed by atoms with van der Waals surface area (Å²) in [5.41, 5.74) is 2.49. The highest BCUT2D eigenvalue weighted by molar-refractivity contribution is 5.94. The van der Waals surface area contributed by atoms with E-state index in [1.807, 2.05) is 30.3 Å². The molecule has 1 atom stereocenters. The molecule has 4 nitrogen and oxygen atoms in total. The SMILES string of the molecule is CCc1cccc(NC(=O)C(C)Oc2ccc(C#N)cc2)c1. The topological polar surface area (TPSA) is 62.1 Å². The van der Waals surface area contributed by atoms with Crippen molar-refractivity contribution < 1.29 is 9.53 Å². The summed E-state index contributed by atoms with van der Waals surface area (Å²) in [6.07, 6.45) is 0.291. The van der Waals surface area contributed by atoms with Crippen LogP contribution in [0.3, 0.4) is 0 Å². The summed E-state index contributed by atoms with van der Waals surface area (Å²) in [4.78, 5) is 12.2. The van der Waals surface area contributed by atoms with Crippen LogP contribution >= 0.6 is 0 Å². The summed E-state index contributed by atoms with van der Waals surface area (Å²) >= 11 is 0. The average molecular weight is 294 g/mol. The van der Waals surface area contributed by atoms with Gasteiger partial charge in [0.25, 0.3) is 5.91 Å². The molecule has 1 amide bonds. The number of carbonyl (C=O) groups is 1. The van der Waals surface area contributed by atoms with E-state index < -0.39 is 6.10 Å². The molecule has 0 saturated carbocycles. The maximum absolute atomic E-state index is 12.2. The molecular weight excluding hydrogens is 276 g/mol. The third-order valence-electron chi connectivity index (χ3n) is 3.27. The molecular formula is C18H18N2O2. The number of amides is 1. The van der Waals surface area contributed by atoms with E-state index in [1.54, 1.807) is 31.2 Å². The van der Waals surface area contributed by atoms with Gasteiger partial charge >= 0.3 is 0 Å². The number of anilines is 1. The second kappa shape index (κ2) is 7.28. The van der Waals surface area contributed by atoms with E-state index in [0.717, 1.165) is 12.1 Å². The first-order valence-corrected chi connectivity index (χ1v) is 7.19. The van der Waals surface area contributed by atoms with Crippen LogP contribution in [0.5, 0.6) is 5.75 Å². The quantitative estimate of drug-likeness (QED) is 0.917. The zero-order valence-corrected chi connectivity index (χ0v) is 12.7. The third kappa shape index (κ3) is 4.10. The number of benzene rings is 2. The van der Waals surface area contributed by atoms with Crippen LogP contribution in [-0.2, 0) is 11.2 Å². The van der Waals surface area contributed by atoms with Gasteiger partial charge in [0.05, 0.1) is 11.6 Å². The van der Waals surface area contributed by atoms with Crippen LogP contribution in [0, 0.1) is 11.3 Å².